The lowest BCUT2D eigenvalue weighted by Gasteiger charge is -2.04. The van der Waals surface area contributed by atoms with Crippen molar-refractivity contribution >= 4 is 11.6 Å². The van der Waals surface area contributed by atoms with Crippen molar-refractivity contribution in [3.8, 4) is 0 Å². The van der Waals surface area contributed by atoms with E-state index >= 15 is 0 Å². The zero-order chi connectivity index (χ0) is 10.5. The highest BCUT2D eigenvalue weighted by molar-refractivity contribution is 6.30. The van der Waals surface area contributed by atoms with Gasteiger partial charge in [0.05, 0.1) is 5.02 Å². The van der Waals surface area contributed by atoms with Gasteiger partial charge in [0.25, 0.3) is 0 Å². The molecule has 0 spiro atoms. The fourth-order valence-corrected chi connectivity index (χ4v) is 1.73. The Balaban J connectivity index is 1.47. The molecule has 3 nitrogen and oxygen atoms in total. The Bertz CT molecular complexity index is 294. The van der Waals surface area contributed by atoms with Crippen LogP contribution in [-0.2, 0) is 6.54 Å². The summed E-state index contributed by atoms with van der Waals surface area (Å²) in [4.78, 5) is 3.11. The Labute approximate surface area is 95.6 Å². The fraction of sp³-hybridized carbons (Fsp3) is 0.636. The third kappa shape index (κ3) is 4.24. The first-order valence-corrected chi connectivity index (χ1v) is 5.99. The van der Waals surface area contributed by atoms with E-state index in [0.29, 0.717) is 0 Å². The molecule has 1 aliphatic carbocycles. The number of hydrogen-bond acceptors (Lipinski definition) is 2. The summed E-state index contributed by atoms with van der Waals surface area (Å²) in [6, 6.07) is 2.78. The molecule has 0 aliphatic heterocycles. The minimum absolute atomic E-state index is 0.780. The molecule has 0 unspecified atom stereocenters. The molecule has 0 atom stereocenters. The molecule has 1 aromatic rings. The number of H-pyrrole nitrogens is 1. The van der Waals surface area contributed by atoms with E-state index in [4.69, 9.17) is 11.6 Å². The first-order valence-electron chi connectivity index (χ1n) is 5.61. The molecular formula is C11H18ClN3. The van der Waals surface area contributed by atoms with Gasteiger partial charge in [-0.15, -0.1) is 0 Å². The molecule has 1 heterocycles. The zero-order valence-corrected chi connectivity index (χ0v) is 9.61. The maximum Gasteiger partial charge on any atom is 0.0583 e. The smallest absolute Gasteiger partial charge is 0.0583 e. The van der Waals surface area contributed by atoms with Gasteiger partial charge >= 0.3 is 0 Å². The predicted octanol–water partition coefficient (Wildman–Crippen LogP) is 1.90. The summed E-state index contributed by atoms with van der Waals surface area (Å²) in [6.07, 6.45) is 5.74. The van der Waals surface area contributed by atoms with E-state index in [0.717, 1.165) is 36.4 Å². The van der Waals surface area contributed by atoms with Crippen molar-refractivity contribution in [2.24, 2.45) is 0 Å². The van der Waals surface area contributed by atoms with Gasteiger partial charge in [-0.2, -0.15) is 0 Å². The van der Waals surface area contributed by atoms with E-state index in [-0.39, 0.29) is 0 Å². The Morgan fingerprint density at radius 2 is 2.27 bits per heavy atom. The van der Waals surface area contributed by atoms with Crippen LogP contribution < -0.4 is 10.6 Å². The third-order valence-corrected chi connectivity index (χ3v) is 2.78. The van der Waals surface area contributed by atoms with Crippen LogP contribution in [0.1, 0.15) is 25.0 Å². The van der Waals surface area contributed by atoms with Crippen molar-refractivity contribution in [3.05, 3.63) is 23.0 Å². The molecule has 84 valence electrons. The van der Waals surface area contributed by atoms with Crippen molar-refractivity contribution in [1.82, 2.24) is 15.6 Å². The molecule has 2 rings (SSSR count). The van der Waals surface area contributed by atoms with Gasteiger partial charge < -0.3 is 15.6 Å². The van der Waals surface area contributed by atoms with Gasteiger partial charge in [0.1, 0.15) is 0 Å². The van der Waals surface area contributed by atoms with Gasteiger partial charge in [0.15, 0.2) is 0 Å². The fourth-order valence-electron chi connectivity index (χ4n) is 1.54. The summed E-state index contributed by atoms with van der Waals surface area (Å²) in [5.74, 6) is 0. The van der Waals surface area contributed by atoms with E-state index in [1.54, 1.807) is 0 Å². The van der Waals surface area contributed by atoms with Gasteiger partial charge in [0.2, 0.25) is 0 Å². The molecule has 1 aliphatic rings. The summed E-state index contributed by atoms with van der Waals surface area (Å²) in [7, 11) is 0. The zero-order valence-electron chi connectivity index (χ0n) is 8.85. The number of nitrogens with one attached hydrogen (secondary N) is 3. The maximum absolute atomic E-state index is 5.80. The van der Waals surface area contributed by atoms with Crippen LogP contribution in [0.4, 0.5) is 0 Å². The first-order chi connectivity index (χ1) is 7.34. The topological polar surface area (TPSA) is 39.9 Å². The second kappa shape index (κ2) is 5.54. The quantitative estimate of drug-likeness (QED) is 0.623. The van der Waals surface area contributed by atoms with Gasteiger partial charge in [-0.05, 0) is 38.4 Å². The summed E-state index contributed by atoms with van der Waals surface area (Å²) >= 11 is 5.80. The van der Waals surface area contributed by atoms with E-state index in [1.807, 2.05) is 12.3 Å². The standard InChI is InChI=1S/C11H18ClN3/c12-9-6-11(15-7-9)8-13-4-1-5-14-10-2-3-10/h6-7,10,13-15H,1-5,8H2. The average Bonchev–Trinajstić information content (AvgIpc) is 2.95. The van der Waals surface area contributed by atoms with Crippen LogP contribution in [0.25, 0.3) is 0 Å². The molecular weight excluding hydrogens is 210 g/mol. The highest BCUT2D eigenvalue weighted by Gasteiger charge is 2.19. The molecule has 1 saturated carbocycles. The van der Waals surface area contributed by atoms with Crippen LogP contribution in [0.15, 0.2) is 12.3 Å². The molecule has 0 radical (unpaired) electrons. The monoisotopic (exact) mass is 227 g/mol. The van der Waals surface area contributed by atoms with Gasteiger partial charge in [-0.1, -0.05) is 11.6 Å². The van der Waals surface area contributed by atoms with Crippen LogP contribution >= 0.6 is 11.6 Å². The molecule has 0 saturated heterocycles. The number of halogens is 1. The molecule has 3 N–H and O–H groups in total. The Morgan fingerprint density at radius 1 is 1.40 bits per heavy atom. The van der Waals surface area contributed by atoms with E-state index < -0.39 is 0 Å². The number of hydrogen-bond donors (Lipinski definition) is 3. The first kappa shape index (κ1) is 11.0. The minimum Gasteiger partial charge on any atom is -0.363 e. The van der Waals surface area contributed by atoms with Crippen LogP contribution in [-0.4, -0.2) is 24.1 Å². The average molecular weight is 228 g/mol. The Morgan fingerprint density at radius 3 is 2.93 bits per heavy atom. The van der Waals surface area contributed by atoms with Crippen molar-refractivity contribution in [1.29, 1.82) is 0 Å². The minimum atomic E-state index is 0.780. The largest absolute Gasteiger partial charge is 0.363 e. The van der Waals surface area contributed by atoms with Crippen molar-refractivity contribution in [2.45, 2.75) is 31.8 Å². The Kier molecular flexibility index (Phi) is 4.06. The number of aromatic amines is 1. The van der Waals surface area contributed by atoms with Crippen LogP contribution in [0, 0.1) is 0 Å². The maximum atomic E-state index is 5.80. The molecule has 0 bridgehead atoms. The second-order valence-corrected chi connectivity index (χ2v) is 4.54. The van der Waals surface area contributed by atoms with Crippen molar-refractivity contribution in [3.63, 3.8) is 0 Å². The van der Waals surface area contributed by atoms with Crippen LogP contribution in [0.2, 0.25) is 5.02 Å². The summed E-state index contributed by atoms with van der Waals surface area (Å²) in [5, 5.41) is 7.65. The Hall–Kier alpha value is -0.510. The number of rotatable bonds is 7. The summed E-state index contributed by atoms with van der Waals surface area (Å²) < 4.78 is 0. The summed E-state index contributed by atoms with van der Waals surface area (Å²) in [5.41, 5.74) is 1.15. The van der Waals surface area contributed by atoms with E-state index in [1.165, 1.54) is 19.3 Å². The summed E-state index contributed by atoms with van der Waals surface area (Å²) in [6.45, 7) is 3.05. The SMILES string of the molecule is Clc1c[nH]c(CNCCCNC2CC2)c1. The normalized spacial score (nSPS) is 15.8. The molecule has 0 aromatic carbocycles. The highest BCUT2D eigenvalue weighted by Crippen LogP contribution is 2.18. The lowest BCUT2D eigenvalue weighted by molar-refractivity contribution is 0.590. The lowest BCUT2D eigenvalue weighted by Crippen LogP contribution is -2.23. The van der Waals surface area contributed by atoms with E-state index in [9.17, 15) is 0 Å². The third-order valence-electron chi connectivity index (χ3n) is 2.56. The van der Waals surface area contributed by atoms with Crippen LogP contribution in [0.5, 0.6) is 0 Å². The predicted molar refractivity (Wildman–Crippen MR) is 63.2 cm³/mol. The van der Waals surface area contributed by atoms with Crippen LogP contribution in [0.3, 0.4) is 0 Å². The lowest BCUT2D eigenvalue weighted by atomic mass is 10.4. The second-order valence-electron chi connectivity index (χ2n) is 4.10. The van der Waals surface area contributed by atoms with Crippen molar-refractivity contribution < 1.29 is 0 Å². The van der Waals surface area contributed by atoms with Gasteiger partial charge in [0, 0.05) is 24.5 Å². The van der Waals surface area contributed by atoms with Gasteiger partial charge in [-0.3, -0.25) is 0 Å². The molecule has 15 heavy (non-hydrogen) atoms. The van der Waals surface area contributed by atoms with E-state index in [2.05, 4.69) is 15.6 Å². The molecule has 0 amide bonds. The van der Waals surface area contributed by atoms with Gasteiger partial charge in [-0.25, -0.2) is 0 Å². The van der Waals surface area contributed by atoms with Crippen molar-refractivity contribution in [2.75, 3.05) is 13.1 Å². The molecule has 4 heteroatoms. The molecule has 1 aromatic heterocycles. The molecule has 1 fully saturated rings. The number of aromatic nitrogens is 1. The highest BCUT2D eigenvalue weighted by atomic mass is 35.5.